The Balaban J connectivity index is 0.000000219. The molecule has 4 fully saturated rings. The number of ketones is 2. The Morgan fingerprint density at radius 3 is 1.45 bits per heavy atom. The van der Waals surface area contributed by atoms with Crippen LogP contribution in [0.15, 0.2) is 109 Å². The van der Waals surface area contributed by atoms with E-state index in [0.29, 0.717) is 64.7 Å². The minimum atomic E-state index is -4.52. The third-order valence-electron chi connectivity index (χ3n) is 19.4. The molecule has 6 heterocycles. The predicted octanol–water partition coefficient (Wildman–Crippen LogP) is 11.7. The van der Waals surface area contributed by atoms with Crippen molar-refractivity contribution in [2.24, 2.45) is 34.5 Å². The quantitative estimate of drug-likeness (QED) is 0.0586. The summed E-state index contributed by atoms with van der Waals surface area (Å²) < 4.78 is 102. The number of ether oxygens (including phenoxy) is 3. The van der Waals surface area contributed by atoms with Crippen molar-refractivity contribution in [3.05, 3.63) is 143 Å². The van der Waals surface area contributed by atoms with E-state index >= 15 is 0 Å². The molecule has 6 aromatic rings. The average molecular weight is 1360 g/mol. The summed E-state index contributed by atoms with van der Waals surface area (Å²) in [6.07, 6.45) is 6.41. The predicted molar refractivity (Wildman–Crippen MR) is 341 cm³/mol. The molecular weight excluding hydrogens is 1290 g/mol. The minimum absolute atomic E-state index is 0. The van der Waals surface area contributed by atoms with Crippen LogP contribution in [0.3, 0.4) is 0 Å². The SMILES string of the molecule is COC(=O)[C@]12CC(=O)[C@@H]3C[C@@H](Oc4nc5ccccc5s4)CN3C(=O)[C@@H](Cc3cc(C)cc(C(F)(F)F)c3)CCCCC/C=C\[C@@H]1C2.Cc1cc(C[C@H]2CCCCC/C=C\[C@@H]3C[C@@]3(C(=O)O)CC(=O)[C@@H]3C[C@@H](Oc4nc5ccccc5s4)CN3C2=O)cc(C(F)(F)F)c1.[Na+].[OH-]. The van der Waals surface area contributed by atoms with Crippen molar-refractivity contribution >= 4 is 78.4 Å². The van der Waals surface area contributed by atoms with Gasteiger partial charge in [-0.05, 0) is 150 Å². The van der Waals surface area contributed by atoms with Crippen molar-refractivity contribution in [2.45, 2.75) is 166 Å². The summed E-state index contributed by atoms with van der Waals surface area (Å²) in [6, 6.07) is 21.3. The standard InChI is InChI=1S/C36H39F3N2O5S.C35H37F3N2O5S.Na.H2O/c1-22-14-23(17-26(15-22)36(37,38)39)16-24-10-6-4-3-5-7-11-25-19-35(25,33(44)45-2)20-30(42)29-18-27(21-41(29)32(24)43)46-34-40-28-12-8-9-13-31(28)47-34;1-21-13-22(16-25(14-21)35(36,37)38)15-23-9-5-3-2-4-6-10-24-18-34(24,32(43)44)19-29(41)28-17-26(20-40(28)31(23)42)45-33-39-27-11-7-8-12-30(27)46-33;;/h7-9,11-15,17,24-25,27,29H,3-6,10,16,18-21H2,1-2H3;6-8,10-14,16,23-24,26,28H,2-5,9,15,17-20H2,1H3,(H,43,44);;1H2/q;;+1;/p-1/b11-7-;10-6-;;/t24-,25-,27-,29+,35-;23-,24-,26-,28+,34-;;/m11../s1. The van der Waals surface area contributed by atoms with Crippen LogP contribution >= 0.6 is 22.7 Å². The van der Waals surface area contributed by atoms with Crippen molar-refractivity contribution in [2.75, 3.05) is 20.2 Å². The number of halogens is 6. The summed E-state index contributed by atoms with van der Waals surface area (Å²) in [5, 5.41) is 11.0. The van der Waals surface area contributed by atoms with Gasteiger partial charge in [-0.25, -0.2) is 9.97 Å². The molecule has 0 unspecified atom stereocenters. The first-order valence-corrected chi connectivity index (χ1v) is 33.7. The summed E-state index contributed by atoms with van der Waals surface area (Å²) in [5.74, 6) is -4.23. The number of hydrogen-bond donors (Lipinski definition) is 1. The number of hydrogen-bond acceptors (Lipinski definition) is 14. The van der Waals surface area contributed by atoms with Crippen molar-refractivity contribution in [1.82, 2.24) is 19.8 Å². The van der Waals surface area contributed by atoms with E-state index in [2.05, 4.69) is 16.0 Å². The van der Waals surface area contributed by atoms with E-state index in [0.717, 1.165) is 89.6 Å². The van der Waals surface area contributed by atoms with Crippen LogP contribution in [0.2, 0.25) is 0 Å². The van der Waals surface area contributed by atoms with E-state index in [1.807, 2.05) is 66.8 Å². The largest absolute Gasteiger partial charge is 1.00 e. The number of benzene rings is 4. The average Bonchev–Trinajstić information content (AvgIpc) is 1.59. The second-order valence-electron chi connectivity index (χ2n) is 26.2. The number of thiazole rings is 2. The van der Waals surface area contributed by atoms with Gasteiger partial charge in [0.05, 0.1) is 74.7 Å². The number of aromatic nitrogens is 2. The molecule has 24 heteroatoms. The molecule has 2 N–H and O–H groups in total. The van der Waals surface area contributed by atoms with Gasteiger partial charge in [-0.1, -0.05) is 120 Å². The molecule has 0 spiro atoms. The zero-order valence-electron chi connectivity index (χ0n) is 53.6. The summed E-state index contributed by atoms with van der Waals surface area (Å²) >= 11 is 2.75. The van der Waals surface area contributed by atoms with Gasteiger partial charge in [0.25, 0.3) is 10.4 Å². The summed E-state index contributed by atoms with van der Waals surface area (Å²) in [7, 11) is 1.32. The van der Waals surface area contributed by atoms with E-state index in [4.69, 9.17) is 14.2 Å². The molecule has 2 amide bonds. The van der Waals surface area contributed by atoms with Gasteiger partial charge in [-0.2, -0.15) is 26.3 Å². The number of methoxy groups -OCH3 is 1. The second kappa shape index (κ2) is 30.5. The molecule has 2 aromatic heterocycles. The number of aryl methyl sites for hydroxylation is 2. The molecule has 4 aromatic carbocycles. The first-order valence-electron chi connectivity index (χ1n) is 32.1. The maximum Gasteiger partial charge on any atom is 1.00 e. The number of para-hydroxylation sites is 2. The molecule has 0 bridgehead atoms. The van der Waals surface area contributed by atoms with Gasteiger partial charge in [-0.15, -0.1) is 0 Å². The number of fused-ring (bicyclic) bond motifs is 6. The van der Waals surface area contributed by atoms with E-state index in [9.17, 15) is 60.2 Å². The van der Waals surface area contributed by atoms with Gasteiger partial charge in [-0.3, -0.25) is 28.8 Å². The smallest absolute Gasteiger partial charge is 0.870 e. The molecule has 10 atom stereocenters. The number of amides is 2. The van der Waals surface area contributed by atoms with Crippen LogP contribution in [0.1, 0.15) is 136 Å². The van der Waals surface area contributed by atoms with Gasteiger partial charge >= 0.3 is 53.8 Å². The molecular formula is C71H77F6N4NaO11S2. The first-order chi connectivity index (χ1) is 44.4. The molecule has 6 aliphatic rings. The Bertz CT molecular complexity index is 3790. The molecule has 95 heavy (non-hydrogen) atoms. The number of rotatable bonds is 10. The van der Waals surface area contributed by atoms with Gasteiger partial charge in [0.1, 0.15) is 12.2 Å². The Labute approximate surface area is 577 Å². The van der Waals surface area contributed by atoms with Crippen LogP contribution in [0.25, 0.3) is 20.4 Å². The molecule has 2 saturated heterocycles. The number of alkyl halides is 6. The Morgan fingerprint density at radius 1 is 0.611 bits per heavy atom. The monoisotopic (exact) mass is 1360 g/mol. The number of carboxylic acids is 1. The molecule has 0 radical (unpaired) electrons. The van der Waals surface area contributed by atoms with E-state index < -0.39 is 82.4 Å². The van der Waals surface area contributed by atoms with Crippen LogP contribution in [0, 0.1) is 48.3 Å². The summed E-state index contributed by atoms with van der Waals surface area (Å²) in [4.78, 5) is 94.5. The van der Waals surface area contributed by atoms with Crippen LogP contribution in [-0.4, -0.2) is 110 Å². The van der Waals surface area contributed by atoms with Gasteiger partial charge in [0.2, 0.25) is 11.8 Å². The number of allylic oxidation sites excluding steroid dienone is 4. The maximum atomic E-state index is 14.5. The topological polar surface area (TPSA) is 213 Å². The van der Waals surface area contributed by atoms with Crippen LogP contribution < -0.4 is 39.0 Å². The Hall–Kier alpha value is -6.50. The van der Waals surface area contributed by atoms with E-state index in [1.54, 1.807) is 30.9 Å². The number of Topliss-reactive ketones (excluding diaryl/α,β-unsaturated/α-hetero) is 2. The van der Waals surface area contributed by atoms with Crippen LogP contribution in [0.5, 0.6) is 10.4 Å². The van der Waals surface area contributed by atoms with E-state index in [1.165, 1.54) is 34.7 Å². The van der Waals surface area contributed by atoms with Crippen molar-refractivity contribution in [1.29, 1.82) is 0 Å². The minimum Gasteiger partial charge on any atom is -0.870 e. The number of nitrogens with zero attached hydrogens (tertiary/aromatic N) is 4. The number of carboxylic acid groups (broad SMARTS) is 1. The molecule has 2 aliphatic carbocycles. The third kappa shape index (κ3) is 17.1. The Morgan fingerprint density at radius 2 is 1.03 bits per heavy atom. The number of aliphatic carboxylic acids is 1. The fourth-order valence-corrected chi connectivity index (χ4v) is 16.1. The van der Waals surface area contributed by atoms with Gasteiger partial charge in [0, 0.05) is 37.5 Å². The first kappa shape index (κ1) is 72.8. The van der Waals surface area contributed by atoms with Crippen molar-refractivity contribution in [3.8, 4) is 10.4 Å². The number of carbonyl (C=O) groups excluding carboxylic acids is 5. The fourth-order valence-electron chi connectivity index (χ4n) is 14.4. The van der Waals surface area contributed by atoms with Gasteiger partial charge in [0.15, 0.2) is 11.6 Å². The molecule has 15 nitrogen and oxygen atoms in total. The van der Waals surface area contributed by atoms with Crippen molar-refractivity contribution < 1.29 is 109 Å². The van der Waals surface area contributed by atoms with Crippen LogP contribution in [-0.2, 0) is 58.7 Å². The summed E-state index contributed by atoms with van der Waals surface area (Å²) in [6.45, 7) is 3.46. The maximum absolute atomic E-state index is 14.5. The second-order valence-corrected chi connectivity index (χ2v) is 28.2. The zero-order chi connectivity index (χ0) is 66.0. The van der Waals surface area contributed by atoms with Crippen molar-refractivity contribution in [3.63, 3.8) is 0 Å². The number of carbonyl (C=O) groups is 6. The molecule has 12 rings (SSSR count). The Kier molecular flexibility index (Phi) is 23.4. The molecule has 4 aliphatic heterocycles. The fraction of sp³-hybridized carbons (Fsp3) is 0.493. The van der Waals surface area contributed by atoms with Gasteiger partial charge < -0.3 is 34.6 Å². The number of esters is 1. The summed E-state index contributed by atoms with van der Waals surface area (Å²) in [5.41, 5.74) is -0.305. The normalized spacial score (nSPS) is 27.4. The molecule has 2 saturated carbocycles. The van der Waals surface area contributed by atoms with E-state index in [-0.39, 0.29) is 122 Å². The zero-order valence-corrected chi connectivity index (χ0v) is 57.2. The third-order valence-corrected chi connectivity index (χ3v) is 21.2. The van der Waals surface area contributed by atoms with Crippen LogP contribution in [0.4, 0.5) is 26.3 Å². The molecule has 502 valence electrons.